The Balaban J connectivity index is 1.80. The number of esters is 2. The van der Waals surface area contributed by atoms with Gasteiger partial charge in [-0.1, -0.05) is 71.1 Å². The van der Waals surface area contributed by atoms with E-state index in [-0.39, 0.29) is 17.0 Å². The number of rotatable bonds is 5. The fourth-order valence-electron chi connectivity index (χ4n) is 3.29. The van der Waals surface area contributed by atoms with Crippen LogP contribution in [0.3, 0.4) is 0 Å². The van der Waals surface area contributed by atoms with Crippen LogP contribution in [0.4, 0.5) is 0 Å². The van der Waals surface area contributed by atoms with Gasteiger partial charge in [0.05, 0.1) is 0 Å². The molecule has 2 aromatic rings. The monoisotopic (exact) mass is 493 g/mol. The number of halogens is 1. The minimum absolute atomic E-state index is 0.0658. The number of carbonyl (C=O) groups excluding carboxylic acids is 2. The van der Waals surface area contributed by atoms with Crippen LogP contribution in [0.2, 0.25) is 0 Å². The molecule has 0 fully saturated rings. The lowest BCUT2D eigenvalue weighted by molar-refractivity contribution is -0.170. The first-order valence-corrected chi connectivity index (χ1v) is 10.6. The maximum absolute atomic E-state index is 12.8. The second-order valence-electron chi connectivity index (χ2n) is 7.93. The van der Waals surface area contributed by atoms with E-state index in [4.69, 9.17) is 15.2 Å². The van der Waals surface area contributed by atoms with Crippen molar-refractivity contribution in [2.45, 2.75) is 37.8 Å². The lowest BCUT2D eigenvalue weighted by Crippen LogP contribution is -2.59. The average molecular weight is 493 g/mol. The molecule has 6 heteroatoms. The summed E-state index contributed by atoms with van der Waals surface area (Å²) in [5.41, 5.74) is 8.02. The second kappa shape index (κ2) is 7.83. The van der Waals surface area contributed by atoms with Gasteiger partial charge in [0, 0.05) is 10.3 Å². The Morgan fingerprint density at radius 3 is 1.93 bits per heavy atom. The Labute approximate surface area is 178 Å². The van der Waals surface area contributed by atoms with Crippen LogP contribution in [0.25, 0.3) is 11.1 Å². The quantitative estimate of drug-likeness (QED) is 0.297. The van der Waals surface area contributed by atoms with Gasteiger partial charge in [-0.05, 0) is 43.0 Å². The molecule has 0 radical (unpaired) electrons. The normalized spacial score (nSPS) is 15.3. The van der Waals surface area contributed by atoms with Gasteiger partial charge in [0.15, 0.2) is 0 Å². The van der Waals surface area contributed by atoms with E-state index in [1.165, 1.54) is 0 Å². The van der Waals surface area contributed by atoms with E-state index in [1.54, 1.807) is 20.8 Å². The van der Waals surface area contributed by atoms with Crippen molar-refractivity contribution in [1.82, 2.24) is 0 Å². The Morgan fingerprint density at radius 2 is 1.46 bits per heavy atom. The zero-order valence-corrected chi connectivity index (χ0v) is 18.4. The molecule has 2 aromatic carbocycles. The van der Waals surface area contributed by atoms with Crippen molar-refractivity contribution in [3.05, 3.63) is 59.7 Å². The summed E-state index contributed by atoms with van der Waals surface area (Å²) in [6, 6.07) is 16.1. The van der Waals surface area contributed by atoms with Gasteiger partial charge in [-0.3, -0.25) is 0 Å². The molecule has 1 unspecified atom stereocenters. The Kier molecular flexibility index (Phi) is 5.82. The number of hydrogen-bond donors (Lipinski definition) is 1. The van der Waals surface area contributed by atoms with Gasteiger partial charge in [0.1, 0.15) is 12.2 Å². The largest absolute Gasteiger partial charge is 0.463 e. The Hall–Kier alpha value is -1.93. The first-order chi connectivity index (χ1) is 13.2. The predicted molar refractivity (Wildman–Crippen MR) is 116 cm³/mol. The Bertz CT molecular complexity index is 860. The lowest BCUT2D eigenvalue weighted by Gasteiger charge is -2.28. The van der Waals surface area contributed by atoms with Gasteiger partial charge in [-0.15, -0.1) is 0 Å². The van der Waals surface area contributed by atoms with Crippen LogP contribution < -0.4 is 5.73 Å². The predicted octanol–water partition coefficient (Wildman–Crippen LogP) is 3.82. The summed E-state index contributed by atoms with van der Waals surface area (Å²) in [6.45, 7) is 5.31. The van der Waals surface area contributed by atoms with Crippen LogP contribution in [0.1, 0.15) is 37.8 Å². The Morgan fingerprint density at radius 1 is 0.964 bits per heavy atom. The molecule has 0 aromatic heterocycles. The zero-order chi connectivity index (χ0) is 20.5. The van der Waals surface area contributed by atoms with Crippen LogP contribution in [0.5, 0.6) is 0 Å². The van der Waals surface area contributed by atoms with Crippen molar-refractivity contribution in [3.8, 4) is 11.1 Å². The highest BCUT2D eigenvalue weighted by molar-refractivity contribution is 14.1. The van der Waals surface area contributed by atoms with E-state index < -0.39 is 23.1 Å². The molecule has 148 valence electrons. The number of benzene rings is 2. The minimum atomic E-state index is -1.83. The summed E-state index contributed by atoms with van der Waals surface area (Å²) in [4.78, 5) is 25.2. The molecule has 3 rings (SSSR count). The SMILES string of the molecule is CC(C)(C)OC(=O)C(N)(CI)C(=O)OCC1c2ccccc2-c2ccccc21. The molecule has 0 amide bonds. The van der Waals surface area contributed by atoms with E-state index in [2.05, 4.69) is 12.1 Å². The number of alkyl halides is 1. The van der Waals surface area contributed by atoms with Crippen LogP contribution in [-0.4, -0.2) is 34.1 Å². The van der Waals surface area contributed by atoms with Gasteiger partial charge in [-0.25, -0.2) is 9.59 Å². The summed E-state index contributed by atoms with van der Waals surface area (Å²) >= 11 is 1.91. The summed E-state index contributed by atoms with van der Waals surface area (Å²) in [6.07, 6.45) is 0. The fraction of sp³-hybridized carbons (Fsp3) is 0.364. The molecule has 0 bridgehead atoms. The van der Waals surface area contributed by atoms with E-state index >= 15 is 0 Å². The average Bonchev–Trinajstić information content (AvgIpc) is 2.98. The molecule has 1 atom stereocenters. The number of nitrogens with two attached hydrogens (primary N) is 1. The summed E-state index contributed by atoms with van der Waals surface area (Å²) in [5.74, 6) is -1.63. The van der Waals surface area contributed by atoms with Crippen molar-refractivity contribution in [2.24, 2.45) is 5.73 Å². The molecule has 0 saturated heterocycles. The molecule has 2 N–H and O–H groups in total. The first-order valence-electron chi connectivity index (χ1n) is 9.11. The third kappa shape index (κ3) is 3.93. The second-order valence-corrected chi connectivity index (χ2v) is 8.70. The number of carbonyl (C=O) groups is 2. The van der Waals surface area contributed by atoms with Crippen LogP contribution in [0.15, 0.2) is 48.5 Å². The minimum Gasteiger partial charge on any atom is -0.463 e. The van der Waals surface area contributed by atoms with E-state index in [0.717, 1.165) is 22.3 Å². The molecule has 0 heterocycles. The third-order valence-corrected chi connectivity index (χ3v) is 5.89. The highest BCUT2D eigenvalue weighted by Gasteiger charge is 2.46. The summed E-state index contributed by atoms with van der Waals surface area (Å²) < 4.78 is 11.0. The van der Waals surface area contributed by atoms with Crippen LogP contribution >= 0.6 is 22.6 Å². The summed E-state index contributed by atoms with van der Waals surface area (Å²) in [7, 11) is 0. The molecule has 1 aliphatic carbocycles. The van der Waals surface area contributed by atoms with Crippen molar-refractivity contribution in [1.29, 1.82) is 0 Å². The van der Waals surface area contributed by atoms with Gasteiger partial charge in [0.2, 0.25) is 5.54 Å². The number of hydrogen-bond acceptors (Lipinski definition) is 5. The molecular weight excluding hydrogens is 469 g/mol. The molecule has 0 spiro atoms. The standard InChI is InChI=1S/C22H24INO4/c1-21(2,3)28-20(26)22(24,13-23)19(25)27-12-18-16-10-6-4-8-14(16)15-9-5-7-11-17(15)18/h4-11,18H,12-13,24H2,1-3H3. The van der Waals surface area contributed by atoms with Crippen molar-refractivity contribution >= 4 is 34.5 Å². The molecule has 1 aliphatic rings. The zero-order valence-electron chi connectivity index (χ0n) is 16.2. The topological polar surface area (TPSA) is 78.6 Å². The molecule has 5 nitrogen and oxygen atoms in total. The van der Waals surface area contributed by atoms with Crippen molar-refractivity contribution in [2.75, 3.05) is 11.0 Å². The molecule has 0 saturated carbocycles. The maximum Gasteiger partial charge on any atom is 0.339 e. The number of ether oxygens (including phenoxy) is 2. The third-order valence-electron chi connectivity index (χ3n) is 4.68. The first kappa shape index (κ1) is 20.8. The molecule has 28 heavy (non-hydrogen) atoms. The van der Waals surface area contributed by atoms with Gasteiger partial charge >= 0.3 is 11.9 Å². The highest BCUT2D eigenvalue weighted by Crippen LogP contribution is 2.44. The fourth-order valence-corrected chi connectivity index (χ4v) is 3.91. The molecular formula is C22H24INO4. The van der Waals surface area contributed by atoms with Gasteiger partial charge in [0.25, 0.3) is 0 Å². The van der Waals surface area contributed by atoms with E-state index in [9.17, 15) is 9.59 Å². The summed E-state index contributed by atoms with van der Waals surface area (Å²) in [5, 5.41) is 0. The molecule has 0 aliphatic heterocycles. The van der Waals surface area contributed by atoms with Crippen molar-refractivity contribution < 1.29 is 19.1 Å². The van der Waals surface area contributed by atoms with Crippen LogP contribution in [0, 0.1) is 0 Å². The number of fused-ring (bicyclic) bond motifs is 3. The van der Waals surface area contributed by atoms with E-state index in [1.807, 2.05) is 59.0 Å². The van der Waals surface area contributed by atoms with E-state index in [0.29, 0.717) is 0 Å². The maximum atomic E-state index is 12.8. The van der Waals surface area contributed by atoms with Crippen molar-refractivity contribution in [3.63, 3.8) is 0 Å². The smallest absolute Gasteiger partial charge is 0.339 e. The highest BCUT2D eigenvalue weighted by atomic mass is 127. The van der Waals surface area contributed by atoms with Gasteiger partial charge in [-0.2, -0.15) is 0 Å². The van der Waals surface area contributed by atoms with Crippen LogP contribution in [-0.2, 0) is 19.1 Å². The lowest BCUT2D eigenvalue weighted by atomic mass is 9.98. The van der Waals surface area contributed by atoms with Gasteiger partial charge < -0.3 is 15.2 Å².